The molecule has 0 amide bonds. The van der Waals surface area contributed by atoms with Crippen LogP contribution in [-0.2, 0) is 13.1 Å². The Balaban J connectivity index is 2.17. The van der Waals surface area contributed by atoms with Gasteiger partial charge in [0.05, 0.1) is 11.6 Å². The number of aromatic hydroxyl groups is 1. The first-order valence-electron chi connectivity index (χ1n) is 6.86. The molecule has 0 aliphatic heterocycles. The van der Waals surface area contributed by atoms with E-state index in [2.05, 4.69) is 22.0 Å². The first kappa shape index (κ1) is 16.8. The highest BCUT2D eigenvalue weighted by atomic mass is 35.5. The van der Waals surface area contributed by atoms with Gasteiger partial charge >= 0.3 is 0 Å². The Morgan fingerprint density at radius 2 is 1.82 bits per heavy atom. The van der Waals surface area contributed by atoms with Gasteiger partial charge in [0.2, 0.25) is 0 Å². The number of hydrogen-bond acceptors (Lipinski definition) is 3. The van der Waals surface area contributed by atoms with Crippen LogP contribution in [-0.4, -0.2) is 30.3 Å². The summed E-state index contributed by atoms with van der Waals surface area (Å²) in [5.74, 6) is -0.00334. The van der Waals surface area contributed by atoms with Gasteiger partial charge < -0.3 is 10.0 Å². The van der Waals surface area contributed by atoms with Gasteiger partial charge in [-0.05, 0) is 37.4 Å². The molecule has 0 unspecified atom stereocenters. The summed E-state index contributed by atoms with van der Waals surface area (Å²) < 4.78 is 0. The minimum Gasteiger partial charge on any atom is -0.506 e. The van der Waals surface area contributed by atoms with E-state index in [0.717, 1.165) is 12.1 Å². The Bertz CT molecular complexity index is 684. The van der Waals surface area contributed by atoms with Crippen LogP contribution in [0.25, 0.3) is 0 Å². The zero-order valence-corrected chi connectivity index (χ0v) is 14.1. The molecule has 0 atom stereocenters. The molecule has 116 valence electrons. The van der Waals surface area contributed by atoms with Crippen LogP contribution in [0.15, 0.2) is 41.4 Å². The molecule has 0 aromatic heterocycles. The number of rotatable bonds is 5. The van der Waals surface area contributed by atoms with Crippen LogP contribution in [0.1, 0.15) is 16.7 Å². The second-order valence-corrected chi connectivity index (χ2v) is 6.15. The quantitative estimate of drug-likeness (QED) is 0.822. The van der Waals surface area contributed by atoms with E-state index in [9.17, 15) is 5.11 Å². The fourth-order valence-corrected chi connectivity index (χ4v) is 2.64. The van der Waals surface area contributed by atoms with Crippen LogP contribution in [0.2, 0.25) is 10.0 Å². The molecule has 0 bridgehead atoms. The molecule has 22 heavy (non-hydrogen) atoms. The summed E-state index contributed by atoms with van der Waals surface area (Å²) in [5.41, 5.74) is 2.90. The van der Waals surface area contributed by atoms with Gasteiger partial charge in [0, 0.05) is 23.3 Å². The Hall–Kier alpha value is -1.55. The van der Waals surface area contributed by atoms with Crippen molar-refractivity contribution < 1.29 is 5.11 Å². The summed E-state index contributed by atoms with van der Waals surface area (Å²) in [4.78, 5) is 6.52. The second kappa shape index (κ2) is 7.63. The number of nitrogens with zero attached hydrogens (tertiary/aromatic N) is 2. The Morgan fingerprint density at radius 1 is 1.14 bits per heavy atom. The summed E-state index contributed by atoms with van der Waals surface area (Å²) in [6.07, 6.45) is 1.60. The molecule has 2 rings (SSSR count). The average Bonchev–Trinajstić information content (AvgIpc) is 2.45. The molecule has 0 spiro atoms. The molecule has 0 saturated carbocycles. The summed E-state index contributed by atoms with van der Waals surface area (Å²) in [6.45, 7) is 1.40. The highest BCUT2D eigenvalue weighted by Gasteiger charge is 2.06. The van der Waals surface area contributed by atoms with E-state index in [4.69, 9.17) is 23.2 Å². The average molecular weight is 337 g/mol. The lowest BCUT2D eigenvalue weighted by Crippen LogP contribution is -2.12. The number of hydrogen-bond donors (Lipinski definition) is 1. The van der Waals surface area contributed by atoms with Crippen molar-refractivity contribution in [2.75, 3.05) is 14.1 Å². The summed E-state index contributed by atoms with van der Waals surface area (Å²) in [6, 6.07) is 11.3. The number of aliphatic imine (C=N–C) groups is 1. The van der Waals surface area contributed by atoms with Gasteiger partial charge in [-0.15, -0.1) is 0 Å². The summed E-state index contributed by atoms with van der Waals surface area (Å²) in [7, 11) is 4.07. The maximum Gasteiger partial charge on any atom is 0.143 e. The topological polar surface area (TPSA) is 35.8 Å². The molecule has 0 saturated heterocycles. The third-order valence-corrected chi connectivity index (χ3v) is 3.66. The Kier molecular flexibility index (Phi) is 5.83. The largest absolute Gasteiger partial charge is 0.506 e. The zero-order valence-electron chi connectivity index (χ0n) is 12.6. The van der Waals surface area contributed by atoms with Crippen LogP contribution >= 0.6 is 23.2 Å². The smallest absolute Gasteiger partial charge is 0.143 e. The van der Waals surface area contributed by atoms with Crippen LogP contribution in [0.5, 0.6) is 5.75 Å². The SMILES string of the molecule is CN(C)Cc1ccccc1CN=Cc1cc(Cl)cc(Cl)c1O. The molecule has 3 nitrogen and oxygen atoms in total. The van der Waals surface area contributed by atoms with Crippen LogP contribution in [0, 0.1) is 0 Å². The van der Waals surface area contributed by atoms with E-state index in [1.807, 2.05) is 26.2 Å². The molecule has 1 N–H and O–H groups in total. The van der Waals surface area contributed by atoms with Gasteiger partial charge in [-0.3, -0.25) is 4.99 Å². The van der Waals surface area contributed by atoms with Crippen LogP contribution < -0.4 is 0 Å². The van der Waals surface area contributed by atoms with E-state index >= 15 is 0 Å². The molecule has 0 fully saturated rings. The van der Waals surface area contributed by atoms with Gasteiger partial charge in [0.1, 0.15) is 5.75 Å². The lowest BCUT2D eigenvalue weighted by molar-refractivity contribution is 0.401. The minimum atomic E-state index is -0.00334. The second-order valence-electron chi connectivity index (χ2n) is 5.30. The Morgan fingerprint density at radius 3 is 2.50 bits per heavy atom. The van der Waals surface area contributed by atoms with Crippen molar-refractivity contribution >= 4 is 29.4 Å². The standard InChI is InChI=1S/C17H18Cl2N2O/c1-21(2)11-13-6-4-3-5-12(13)9-20-10-14-7-15(18)8-16(19)17(14)22/h3-8,10,22H,9,11H2,1-2H3. The van der Waals surface area contributed by atoms with Crippen molar-refractivity contribution in [2.24, 2.45) is 4.99 Å². The van der Waals surface area contributed by atoms with Gasteiger partial charge in [-0.2, -0.15) is 0 Å². The number of phenols is 1. The molecule has 2 aromatic rings. The van der Waals surface area contributed by atoms with Crippen molar-refractivity contribution in [2.45, 2.75) is 13.1 Å². The molecule has 0 heterocycles. The Labute approximate surface area is 140 Å². The molecule has 5 heteroatoms. The van der Waals surface area contributed by atoms with Crippen molar-refractivity contribution in [3.8, 4) is 5.75 Å². The molecule has 0 aliphatic carbocycles. The fraction of sp³-hybridized carbons (Fsp3) is 0.235. The lowest BCUT2D eigenvalue weighted by atomic mass is 10.1. The van der Waals surface area contributed by atoms with Crippen molar-refractivity contribution in [3.05, 3.63) is 63.1 Å². The first-order valence-corrected chi connectivity index (χ1v) is 7.62. The monoisotopic (exact) mass is 336 g/mol. The molecular formula is C17H18Cl2N2O. The third-order valence-electron chi connectivity index (χ3n) is 3.15. The zero-order chi connectivity index (χ0) is 16.1. The molecular weight excluding hydrogens is 319 g/mol. The summed E-state index contributed by atoms with van der Waals surface area (Å²) in [5, 5.41) is 10.6. The van der Waals surface area contributed by atoms with Crippen LogP contribution in [0.3, 0.4) is 0 Å². The maximum absolute atomic E-state index is 9.90. The van der Waals surface area contributed by atoms with Gasteiger partial charge in [-0.1, -0.05) is 47.5 Å². The fourth-order valence-electron chi connectivity index (χ4n) is 2.13. The van der Waals surface area contributed by atoms with E-state index in [1.165, 1.54) is 11.6 Å². The summed E-state index contributed by atoms with van der Waals surface area (Å²) >= 11 is 11.8. The third kappa shape index (κ3) is 4.47. The van der Waals surface area contributed by atoms with E-state index in [-0.39, 0.29) is 10.8 Å². The number of phenolic OH excluding ortho intramolecular Hbond substituents is 1. The van der Waals surface area contributed by atoms with Gasteiger partial charge in [-0.25, -0.2) is 0 Å². The van der Waals surface area contributed by atoms with E-state index < -0.39 is 0 Å². The highest BCUT2D eigenvalue weighted by molar-refractivity contribution is 6.36. The van der Waals surface area contributed by atoms with E-state index in [0.29, 0.717) is 17.1 Å². The molecule has 0 radical (unpaired) electrons. The number of halogens is 2. The molecule has 2 aromatic carbocycles. The maximum atomic E-state index is 9.90. The first-order chi connectivity index (χ1) is 10.5. The van der Waals surface area contributed by atoms with E-state index in [1.54, 1.807) is 12.3 Å². The molecule has 0 aliphatic rings. The van der Waals surface area contributed by atoms with Crippen molar-refractivity contribution in [1.82, 2.24) is 4.90 Å². The number of benzene rings is 2. The van der Waals surface area contributed by atoms with Crippen molar-refractivity contribution in [1.29, 1.82) is 0 Å². The van der Waals surface area contributed by atoms with Gasteiger partial charge in [0.25, 0.3) is 0 Å². The minimum absolute atomic E-state index is 0.00334. The normalized spacial score (nSPS) is 11.5. The lowest BCUT2D eigenvalue weighted by Gasteiger charge is -2.12. The van der Waals surface area contributed by atoms with Gasteiger partial charge in [0.15, 0.2) is 0 Å². The predicted molar refractivity (Wildman–Crippen MR) is 93.3 cm³/mol. The van der Waals surface area contributed by atoms with Crippen molar-refractivity contribution in [3.63, 3.8) is 0 Å². The predicted octanol–water partition coefficient (Wildman–Crippen LogP) is 4.38. The highest BCUT2D eigenvalue weighted by Crippen LogP contribution is 2.30. The van der Waals surface area contributed by atoms with Crippen LogP contribution in [0.4, 0.5) is 0 Å².